The van der Waals surface area contributed by atoms with Crippen molar-refractivity contribution in [2.24, 2.45) is 0 Å². The fourth-order valence-corrected chi connectivity index (χ4v) is 1.96. The predicted octanol–water partition coefficient (Wildman–Crippen LogP) is 1.61. The minimum atomic E-state index is -0.821. The van der Waals surface area contributed by atoms with Crippen molar-refractivity contribution in [2.75, 3.05) is 13.6 Å². The Kier molecular flexibility index (Phi) is 4.98. The molecule has 0 fully saturated rings. The maximum absolute atomic E-state index is 11.7. The van der Waals surface area contributed by atoms with Crippen LogP contribution in [0.4, 0.5) is 0 Å². The minimum Gasteiger partial charge on any atom is -0.481 e. The predicted molar refractivity (Wildman–Crippen MR) is 62.5 cm³/mol. The summed E-state index contributed by atoms with van der Waals surface area (Å²) in [6, 6.07) is 1.92. The van der Waals surface area contributed by atoms with Gasteiger partial charge in [-0.25, -0.2) is 0 Å². The zero-order valence-corrected chi connectivity index (χ0v) is 10.00. The van der Waals surface area contributed by atoms with Gasteiger partial charge in [0.15, 0.2) is 0 Å². The van der Waals surface area contributed by atoms with Crippen molar-refractivity contribution < 1.29 is 14.7 Å². The van der Waals surface area contributed by atoms with Crippen LogP contribution in [0.5, 0.6) is 0 Å². The first-order valence-corrected chi connectivity index (χ1v) is 6.00. The second-order valence-electron chi connectivity index (χ2n) is 3.62. The van der Waals surface area contributed by atoms with E-state index in [4.69, 9.17) is 5.11 Å². The van der Waals surface area contributed by atoms with Crippen LogP contribution in [0.2, 0.25) is 0 Å². The average molecular weight is 241 g/mol. The molecule has 0 aliphatic heterocycles. The van der Waals surface area contributed by atoms with Gasteiger partial charge >= 0.3 is 5.97 Å². The number of amides is 1. The summed E-state index contributed by atoms with van der Waals surface area (Å²) in [6.45, 7) is 0.495. The number of carbonyl (C=O) groups is 2. The quantitative estimate of drug-likeness (QED) is 0.823. The molecule has 1 aromatic rings. The first-order chi connectivity index (χ1) is 7.59. The number of carboxylic acids is 1. The Labute approximate surface area is 98.5 Å². The van der Waals surface area contributed by atoms with E-state index in [-0.39, 0.29) is 12.3 Å². The van der Waals surface area contributed by atoms with E-state index in [0.717, 1.165) is 5.56 Å². The second-order valence-corrected chi connectivity index (χ2v) is 4.40. The molecule has 1 aromatic heterocycles. The Morgan fingerprint density at radius 2 is 2.25 bits per heavy atom. The van der Waals surface area contributed by atoms with Crippen LogP contribution >= 0.6 is 11.3 Å². The molecule has 1 amide bonds. The molecule has 0 radical (unpaired) electrons. The maximum atomic E-state index is 11.7. The molecule has 0 saturated carbocycles. The number of nitrogens with zero attached hydrogens (tertiary/aromatic N) is 1. The molecular weight excluding hydrogens is 226 g/mol. The van der Waals surface area contributed by atoms with Crippen LogP contribution in [-0.2, 0) is 16.0 Å². The lowest BCUT2D eigenvalue weighted by Gasteiger charge is -2.16. The number of rotatable bonds is 6. The van der Waals surface area contributed by atoms with Crippen LogP contribution in [0.3, 0.4) is 0 Å². The molecule has 0 spiro atoms. The standard InChI is InChI=1S/C11H15NO3S/c1-12(5-2-3-11(14)15)10(13)7-9-4-6-16-8-9/h4,6,8H,2-3,5,7H2,1H3,(H,14,15). The molecular formula is C11H15NO3S. The van der Waals surface area contributed by atoms with Crippen LogP contribution in [0.1, 0.15) is 18.4 Å². The zero-order chi connectivity index (χ0) is 12.0. The van der Waals surface area contributed by atoms with Gasteiger partial charge in [0.25, 0.3) is 0 Å². The SMILES string of the molecule is CN(CCCC(=O)O)C(=O)Cc1ccsc1. The van der Waals surface area contributed by atoms with E-state index in [2.05, 4.69) is 0 Å². The summed E-state index contributed by atoms with van der Waals surface area (Å²) in [5.41, 5.74) is 1.01. The largest absolute Gasteiger partial charge is 0.481 e. The molecule has 0 unspecified atom stereocenters. The normalized spacial score (nSPS) is 10.1. The number of hydrogen-bond donors (Lipinski definition) is 1. The minimum absolute atomic E-state index is 0.0313. The Bertz CT molecular complexity index is 348. The molecule has 16 heavy (non-hydrogen) atoms. The van der Waals surface area contributed by atoms with E-state index < -0.39 is 5.97 Å². The highest BCUT2D eigenvalue weighted by molar-refractivity contribution is 7.07. The third-order valence-corrected chi connectivity index (χ3v) is 2.98. The first kappa shape index (κ1) is 12.7. The van der Waals surface area contributed by atoms with E-state index in [1.54, 1.807) is 23.3 Å². The lowest BCUT2D eigenvalue weighted by atomic mass is 10.2. The van der Waals surface area contributed by atoms with Gasteiger partial charge in [-0.15, -0.1) is 0 Å². The highest BCUT2D eigenvalue weighted by Crippen LogP contribution is 2.08. The van der Waals surface area contributed by atoms with Gasteiger partial charge in [0.2, 0.25) is 5.91 Å². The lowest BCUT2D eigenvalue weighted by molar-refractivity contribution is -0.138. The highest BCUT2D eigenvalue weighted by Gasteiger charge is 2.10. The monoisotopic (exact) mass is 241 g/mol. The summed E-state index contributed by atoms with van der Waals surface area (Å²) >= 11 is 1.57. The molecule has 5 heteroatoms. The second kappa shape index (κ2) is 6.27. The van der Waals surface area contributed by atoms with E-state index in [0.29, 0.717) is 19.4 Å². The fourth-order valence-electron chi connectivity index (χ4n) is 1.29. The number of thiophene rings is 1. The van der Waals surface area contributed by atoms with Gasteiger partial charge in [0, 0.05) is 20.0 Å². The van der Waals surface area contributed by atoms with Gasteiger partial charge in [-0.1, -0.05) is 0 Å². The van der Waals surface area contributed by atoms with Crippen LogP contribution in [0.25, 0.3) is 0 Å². The van der Waals surface area contributed by atoms with Crippen molar-refractivity contribution in [2.45, 2.75) is 19.3 Å². The molecule has 1 N–H and O–H groups in total. The van der Waals surface area contributed by atoms with Crippen LogP contribution in [0.15, 0.2) is 16.8 Å². The highest BCUT2D eigenvalue weighted by atomic mass is 32.1. The first-order valence-electron chi connectivity index (χ1n) is 5.06. The Morgan fingerprint density at radius 3 is 2.81 bits per heavy atom. The summed E-state index contributed by atoms with van der Waals surface area (Å²) in [7, 11) is 1.70. The van der Waals surface area contributed by atoms with Crippen LogP contribution in [-0.4, -0.2) is 35.5 Å². The van der Waals surface area contributed by atoms with Gasteiger partial charge in [-0.05, 0) is 28.8 Å². The lowest BCUT2D eigenvalue weighted by Crippen LogP contribution is -2.29. The fraction of sp³-hybridized carbons (Fsp3) is 0.455. The summed E-state index contributed by atoms with van der Waals surface area (Å²) in [5, 5.41) is 12.4. The van der Waals surface area contributed by atoms with Crippen molar-refractivity contribution in [1.29, 1.82) is 0 Å². The topological polar surface area (TPSA) is 57.6 Å². The molecule has 0 bridgehead atoms. The molecule has 1 heterocycles. The number of carboxylic acid groups (broad SMARTS) is 1. The van der Waals surface area contributed by atoms with Crippen LogP contribution in [0, 0.1) is 0 Å². The maximum Gasteiger partial charge on any atom is 0.303 e. The van der Waals surface area contributed by atoms with Gasteiger partial charge in [-0.3, -0.25) is 9.59 Å². The number of hydrogen-bond acceptors (Lipinski definition) is 3. The smallest absolute Gasteiger partial charge is 0.303 e. The third kappa shape index (κ3) is 4.44. The van der Waals surface area contributed by atoms with Gasteiger partial charge in [0.1, 0.15) is 0 Å². The number of likely N-dealkylation sites (N-methyl/N-ethyl adjacent to an activating group) is 1. The van der Waals surface area contributed by atoms with E-state index in [9.17, 15) is 9.59 Å². The Hall–Kier alpha value is -1.36. The molecule has 0 aliphatic rings. The Balaban J connectivity index is 2.28. The van der Waals surface area contributed by atoms with Crippen molar-refractivity contribution in [1.82, 2.24) is 4.90 Å². The van der Waals surface area contributed by atoms with E-state index in [1.165, 1.54) is 0 Å². The average Bonchev–Trinajstić information content (AvgIpc) is 2.69. The molecule has 0 aliphatic carbocycles. The third-order valence-electron chi connectivity index (χ3n) is 2.25. The van der Waals surface area contributed by atoms with E-state index in [1.807, 2.05) is 16.8 Å². The Morgan fingerprint density at radius 1 is 1.50 bits per heavy atom. The van der Waals surface area contributed by atoms with Crippen molar-refractivity contribution in [3.05, 3.63) is 22.4 Å². The molecule has 4 nitrogen and oxygen atoms in total. The molecule has 0 aromatic carbocycles. The molecule has 88 valence electrons. The molecule has 0 saturated heterocycles. The molecule has 1 rings (SSSR count). The summed E-state index contributed by atoms with van der Waals surface area (Å²) in [5.74, 6) is -0.789. The summed E-state index contributed by atoms with van der Waals surface area (Å²) in [6.07, 6.45) is 1.00. The van der Waals surface area contributed by atoms with E-state index >= 15 is 0 Å². The van der Waals surface area contributed by atoms with Crippen LogP contribution < -0.4 is 0 Å². The van der Waals surface area contributed by atoms with Crippen molar-refractivity contribution >= 4 is 23.2 Å². The summed E-state index contributed by atoms with van der Waals surface area (Å²) < 4.78 is 0. The van der Waals surface area contributed by atoms with Gasteiger partial charge in [-0.2, -0.15) is 11.3 Å². The number of aliphatic carboxylic acids is 1. The number of carbonyl (C=O) groups excluding carboxylic acids is 1. The summed E-state index contributed by atoms with van der Waals surface area (Å²) in [4.78, 5) is 23.6. The van der Waals surface area contributed by atoms with Gasteiger partial charge in [0.05, 0.1) is 6.42 Å². The molecule has 0 atom stereocenters. The van der Waals surface area contributed by atoms with Gasteiger partial charge < -0.3 is 10.0 Å². The van der Waals surface area contributed by atoms with Crippen molar-refractivity contribution in [3.8, 4) is 0 Å². The zero-order valence-electron chi connectivity index (χ0n) is 9.18. The van der Waals surface area contributed by atoms with Crippen molar-refractivity contribution in [3.63, 3.8) is 0 Å².